The number of hydrogen-bond donors (Lipinski definition) is 1. The van der Waals surface area contributed by atoms with E-state index >= 15 is 0 Å². The minimum Gasteiger partial charge on any atom is -0.463 e. The molecule has 94 valence electrons. The minimum atomic E-state index is -0.271. The summed E-state index contributed by atoms with van der Waals surface area (Å²) in [5, 5.41) is 3.82. The normalized spacial score (nSPS) is 11.0. The topological polar surface area (TPSA) is 59.5 Å². The van der Waals surface area contributed by atoms with Crippen LogP contribution in [0, 0.1) is 10.9 Å². The first-order valence-corrected chi connectivity index (χ1v) is 6.35. The summed E-state index contributed by atoms with van der Waals surface area (Å²) in [7, 11) is 1.83. The van der Waals surface area contributed by atoms with Gasteiger partial charge in [0.25, 0.3) is 5.91 Å². The molecule has 0 unspecified atom stereocenters. The van der Waals surface area contributed by atoms with Gasteiger partial charge in [0.2, 0.25) is 0 Å². The predicted molar refractivity (Wildman–Crippen MR) is 72.6 cm³/mol. The van der Waals surface area contributed by atoms with Crippen LogP contribution in [0.1, 0.15) is 21.1 Å². The molecule has 0 aromatic carbocycles. The Morgan fingerprint density at radius 1 is 1.67 bits per heavy atom. The number of hydrazone groups is 1. The Kier molecular flexibility index (Phi) is 3.73. The zero-order valence-electron chi connectivity index (χ0n) is 9.84. The Labute approximate surface area is 113 Å². The number of nitrogens with one attached hydrogen (secondary N) is 1. The van der Waals surface area contributed by atoms with Gasteiger partial charge in [-0.25, -0.2) is 5.43 Å². The summed E-state index contributed by atoms with van der Waals surface area (Å²) in [4.78, 5) is 12.4. The summed E-state index contributed by atoms with van der Waals surface area (Å²) in [6, 6.07) is 3.49. The lowest BCUT2D eigenvalue weighted by Gasteiger charge is -1.98. The number of aromatic nitrogens is 1. The number of thiazole rings is 1. The van der Waals surface area contributed by atoms with Crippen molar-refractivity contribution in [3.05, 3.63) is 38.7 Å². The highest BCUT2D eigenvalue weighted by atomic mass is 32.1. The fourth-order valence-electron chi connectivity index (χ4n) is 1.30. The van der Waals surface area contributed by atoms with E-state index in [-0.39, 0.29) is 5.91 Å². The zero-order valence-corrected chi connectivity index (χ0v) is 11.5. The first-order valence-electron chi connectivity index (χ1n) is 5.13. The van der Waals surface area contributed by atoms with Gasteiger partial charge in [0, 0.05) is 12.7 Å². The molecule has 2 aromatic rings. The number of amides is 1. The van der Waals surface area contributed by atoms with Crippen molar-refractivity contribution < 1.29 is 9.21 Å². The van der Waals surface area contributed by atoms with Gasteiger partial charge in [-0.2, -0.15) is 5.10 Å². The first kappa shape index (κ1) is 12.7. The van der Waals surface area contributed by atoms with Gasteiger partial charge in [-0.1, -0.05) is 11.3 Å². The second-order valence-electron chi connectivity index (χ2n) is 3.56. The van der Waals surface area contributed by atoms with Crippen LogP contribution in [0.25, 0.3) is 0 Å². The largest absolute Gasteiger partial charge is 0.463 e. The minimum absolute atomic E-state index is 0.271. The van der Waals surface area contributed by atoms with Crippen molar-refractivity contribution in [2.45, 2.75) is 6.92 Å². The Balaban J connectivity index is 2.08. The molecule has 18 heavy (non-hydrogen) atoms. The van der Waals surface area contributed by atoms with E-state index in [0.717, 1.165) is 5.69 Å². The smallest absolute Gasteiger partial charge is 0.283 e. The lowest BCUT2D eigenvalue weighted by Crippen LogP contribution is -2.17. The Hall–Kier alpha value is -1.73. The first-order chi connectivity index (χ1) is 8.59. The van der Waals surface area contributed by atoms with E-state index in [1.165, 1.54) is 23.8 Å². The van der Waals surface area contributed by atoms with E-state index in [9.17, 15) is 4.79 Å². The molecule has 2 heterocycles. The molecule has 0 aliphatic rings. The molecule has 0 aliphatic carbocycles. The number of carbonyl (C=O) groups is 1. The molecule has 0 spiro atoms. The maximum atomic E-state index is 11.9. The molecule has 0 aliphatic heterocycles. The van der Waals surface area contributed by atoms with Crippen molar-refractivity contribution in [3.63, 3.8) is 0 Å². The summed E-state index contributed by atoms with van der Waals surface area (Å²) in [6.45, 7) is 1.84. The molecule has 0 atom stereocenters. The number of nitrogens with zero attached hydrogens (tertiary/aromatic N) is 2. The van der Waals surface area contributed by atoms with Gasteiger partial charge in [-0.15, -0.1) is 0 Å². The van der Waals surface area contributed by atoms with Gasteiger partial charge in [-0.3, -0.25) is 4.79 Å². The van der Waals surface area contributed by atoms with Crippen LogP contribution in [-0.2, 0) is 7.05 Å². The van der Waals surface area contributed by atoms with Crippen LogP contribution >= 0.6 is 23.6 Å². The fourth-order valence-corrected chi connectivity index (χ4v) is 2.56. The van der Waals surface area contributed by atoms with Crippen LogP contribution in [0.5, 0.6) is 0 Å². The Bertz CT molecular complexity index is 638. The molecule has 0 saturated carbocycles. The average Bonchev–Trinajstić information content (AvgIpc) is 2.94. The van der Waals surface area contributed by atoms with E-state index in [0.29, 0.717) is 14.6 Å². The standard InChI is InChI=1S/C11H11N3O2S2/c1-7-9(18-11(17)14(7)2)10(15)13-12-6-8-4-3-5-16-8/h3-6H,1-2H3,(H,13,15)/b12-6-. The number of carbonyl (C=O) groups excluding carboxylic acids is 1. The van der Waals surface area contributed by atoms with Crippen LogP contribution < -0.4 is 5.43 Å². The average molecular weight is 281 g/mol. The second kappa shape index (κ2) is 5.28. The number of rotatable bonds is 3. The van der Waals surface area contributed by atoms with Crippen molar-refractivity contribution in [2.24, 2.45) is 12.1 Å². The quantitative estimate of drug-likeness (QED) is 0.534. The van der Waals surface area contributed by atoms with Crippen LogP contribution in [0.2, 0.25) is 0 Å². The molecule has 2 rings (SSSR count). The summed E-state index contributed by atoms with van der Waals surface area (Å²) >= 11 is 6.37. The lowest BCUT2D eigenvalue weighted by molar-refractivity contribution is 0.0958. The molecule has 7 heteroatoms. The van der Waals surface area contributed by atoms with Crippen LogP contribution in [-0.4, -0.2) is 16.7 Å². The molecule has 0 fully saturated rings. The van der Waals surface area contributed by atoms with Gasteiger partial charge >= 0.3 is 0 Å². The SMILES string of the molecule is Cc1c(C(=O)N/N=C\c2ccco2)sc(=S)n1C. The van der Waals surface area contributed by atoms with Gasteiger partial charge in [0.1, 0.15) is 10.6 Å². The van der Waals surface area contributed by atoms with Gasteiger partial charge in [0.15, 0.2) is 3.95 Å². The van der Waals surface area contributed by atoms with Crippen LogP contribution in [0.15, 0.2) is 27.9 Å². The van der Waals surface area contributed by atoms with Crippen molar-refractivity contribution in [1.29, 1.82) is 0 Å². The molecule has 0 saturated heterocycles. The summed E-state index contributed by atoms with van der Waals surface area (Å²) < 4.78 is 7.51. The van der Waals surface area contributed by atoms with Gasteiger partial charge in [-0.05, 0) is 31.3 Å². The predicted octanol–water partition coefficient (Wildman–Crippen LogP) is 2.48. The highest BCUT2D eigenvalue weighted by Crippen LogP contribution is 2.17. The lowest BCUT2D eigenvalue weighted by atomic mass is 10.4. The van der Waals surface area contributed by atoms with E-state index in [1.807, 2.05) is 14.0 Å². The second-order valence-corrected chi connectivity index (χ2v) is 5.20. The molecule has 0 radical (unpaired) electrons. The third-order valence-corrected chi connectivity index (χ3v) is 4.06. The maximum Gasteiger partial charge on any atom is 0.283 e. The molecule has 5 nitrogen and oxygen atoms in total. The summed E-state index contributed by atoms with van der Waals surface area (Å²) in [6.07, 6.45) is 2.98. The molecule has 0 bridgehead atoms. The fraction of sp³-hybridized carbons (Fsp3) is 0.182. The summed E-state index contributed by atoms with van der Waals surface area (Å²) in [5.41, 5.74) is 3.27. The molecule has 2 aromatic heterocycles. The van der Waals surface area contributed by atoms with Crippen molar-refractivity contribution in [1.82, 2.24) is 9.99 Å². The number of hydrogen-bond acceptors (Lipinski definition) is 5. The molecule has 1 amide bonds. The van der Waals surface area contributed by atoms with E-state index in [4.69, 9.17) is 16.6 Å². The monoisotopic (exact) mass is 281 g/mol. The summed E-state index contributed by atoms with van der Waals surface area (Å²) in [5.74, 6) is 0.305. The van der Waals surface area contributed by atoms with E-state index < -0.39 is 0 Å². The van der Waals surface area contributed by atoms with Gasteiger partial charge in [0.05, 0.1) is 12.5 Å². The third kappa shape index (κ3) is 2.57. The van der Waals surface area contributed by atoms with Gasteiger partial charge < -0.3 is 8.98 Å². The molecular weight excluding hydrogens is 270 g/mol. The zero-order chi connectivity index (χ0) is 13.1. The van der Waals surface area contributed by atoms with Crippen molar-refractivity contribution in [3.8, 4) is 0 Å². The number of furan rings is 1. The highest BCUT2D eigenvalue weighted by molar-refractivity contribution is 7.73. The van der Waals surface area contributed by atoms with Crippen molar-refractivity contribution in [2.75, 3.05) is 0 Å². The van der Waals surface area contributed by atoms with E-state index in [2.05, 4.69) is 10.5 Å². The van der Waals surface area contributed by atoms with Crippen molar-refractivity contribution >= 4 is 35.7 Å². The third-order valence-electron chi connectivity index (χ3n) is 2.40. The van der Waals surface area contributed by atoms with E-state index in [1.54, 1.807) is 16.7 Å². The molecular formula is C11H11N3O2S2. The maximum absolute atomic E-state index is 11.9. The Morgan fingerprint density at radius 2 is 2.44 bits per heavy atom. The molecule has 1 N–H and O–H groups in total. The van der Waals surface area contributed by atoms with Crippen LogP contribution in [0.3, 0.4) is 0 Å². The highest BCUT2D eigenvalue weighted by Gasteiger charge is 2.13. The Morgan fingerprint density at radius 3 is 3.00 bits per heavy atom. The van der Waals surface area contributed by atoms with Crippen LogP contribution in [0.4, 0.5) is 0 Å².